The molecule has 1 aromatic heterocycles. The van der Waals surface area contributed by atoms with Gasteiger partial charge >= 0.3 is 0 Å². The molecule has 2 unspecified atom stereocenters. The lowest BCUT2D eigenvalue weighted by molar-refractivity contribution is 0.273. The summed E-state index contributed by atoms with van der Waals surface area (Å²) >= 11 is 0. The van der Waals surface area contributed by atoms with Crippen molar-refractivity contribution in [3.8, 4) is 0 Å². The van der Waals surface area contributed by atoms with Crippen molar-refractivity contribution in [2.24, 2.45) is 4.99 Å². The van der Waals surface area contributed by atoms with E-state index in [2.05, 4.69) is 22.5 Å². The molecule has 146 valence electrons. The van der Waals surface area contributed by atoms with Gasteiger partial charge in [-0.1, -0.05) is 6.92 Å². The molecule has 0 amide bonds. The van der Waals surface area contributed by atoms with Gasteiger partial charge in [-0.3, -0.25) is 9.89 Å². The van der Waals surface area contributed by atoms with Crippen LogP contribution in [0.1, 0.15) is 31.9 Å². The minimum Gasteiger partial charge on any atom is -0.469 e. The second-order valence-electron chi connectivity index (χ2n) is 7.11. The molecule has 1 aromatic rings. The van der Waals surface area contributed by atoms with Crippen molar-refractivity contribution < 1.29 is 12.8 Å². The number of sulfone groups is 1. The van der Waals surface area contributed by atoms with Gasteiger partial charge in [-0.2, -0.15) is 0 Å². The first-order chi connectivity index (χ1) is 12.6. The zero-order valence-corrected chi connectivity index (χ0v) is 16.3. The molecule has 2 atom stereocenters. The lowest BCUT2D eigenvalue weighted by atomic mass is 10.2. The monoisotopic (exact) mass is 382 g/mol. The maximum absolute atomic E-state index is 11.7. The average Bonchev–Trinajstić information content (AvgIpc) is 3.33. The molecule has 0 aromatic carbocycles. The highest BCUT2D eigenvalue weighted by molar-refractivity contribution is 7.91. The molecule has 2 N–H and O–H groups in total. The molecule has 8 heteroatoms. The van der Waals surface area contributed by atoms with Crippen LogP contribution in [-0.4, -0.2) is 69.0 Å². The van der Waals surface area contributed by atoms with E-state index < -0.39 is 9.84 Å². The van der Waals surface area contributed by atoms with E-state index in [1.54, 1.807) is 6.26 Å². The Labute approximate surface area is 156 Å². The molecule has 7 nitrogen and oxygen atoms in total. The van der Waals surface area contributed by atoms with Crippen LogP contribution in [-0.2, 0) is 16.3 Å². The Morgan fingerprint density at radius 3 is 3.00 bits per heavy atom. The van der Waals surface area contributed by atoms with Crippen LogP contribution in [0.5, 0.6) is 0 Å². The predicted octanol–water partition coefficient (Wildman–Crippen LogP) is 1.03. The predicted molar refractivity (Wildman–Crippen MR) is 103 cm³/mol. The fourth-order valence-corrected chi connectivity index (χ4v) is 5.40. The van der Waals surface area contributed by atoms with Crippen LogP contribution < -0.4 is 10.6 Å². The molecule has 2 saturated heterocycles. The van der Waals surface area contributed by atoms with Crippen molar-refractivity contribution in [3.63, 3.8) is 0 Å². The number of guanidine groups is 1. The second-order valence-corrected chi connectivity index (χ2v) is 9.34. The third-order valence-electron chi connectivity index (χ3n) is 5.18. The Balaban J connectivity index is 1.57. The van der Waals surface area contributed by atoms with Crippen LogP contribution in [0.2, 0.25) is 0 Å². The number of likely N-dealkylation sites (N-methyl/N-ethyl adjacent to an activating group) is 1. The first-order valence-corrected chi connectivity index (χ1v) is 11.4. The van der Waals surface area contributed by atoms with Crippen LogP contribution in [0.3, 0.4) is 0 Å². The summed E-state index contributed by atoms with van der Waals surface area (Å²) in [6.45, 7) is 5.82. The molecule has 0 aliphatic carbocycles. The summed E-state index contributed by atoms with van der Waals surface area (Å²) in [5, 5.41) is 6.65. The molecule has 2 fully saturated rings. The number of rotatable bonds is 7. The van der Waals surface area contributed by atoms with Gasteiger partial charge in [0.25, 0.3) is 0 Å². The van der Waals surface area contributed by atoms with Gasteiger partial charge < -0.3 is 15.1 Å². The number of likely N-dealkylation sites (tertiary alicyclic amines) is 1. The Morgan fingerprint density at radius 2 is 2.31 bits per heavy atom. The number of hydrogen-bond donors (Lipinski definition) is 2. The van der Waals surface area contributed by atoms with Gasteiger partial charge in [0.05, 0.1) is 24.3 Å². The minimum absolute atomic E-state index is 0.0549. The summed E-state index contributed by atoms with van der Waals surface area (Å²) in [7, 11) is -2.91. The van der Waals surface area contributed by atoms with Crippen LogP contribution in [0.4, 0.5) is 0 Å². The Kier molecular flexibility index (Phi) is 6.58. The zero-order valence-electron chi connectivity index (χ0n) is 15.5. The SMILES string of the molecule is CCN1CCCC1CN=C(NCCc1ccco1)NC1CCS(=O)(=O)C1. The maximum atomic E-state index is 11.7. The Morgan fingerprint density at radius 1 is 1.42 bits per heavy atom. The van der Waals surface area contributed by atoms with E-state index in [1.807, 2.05) is 12.1 Å². The number of hydrogen-bond acceptors (Lipinski definition) is 5. The molecule has 3 rings (SSSR count). The molecule has 3 heterocycles. The first kappa shape index (κ1) is 19.2. The van der Waals surface area contributed by atoms with Crippen molar-refractivity contribution in [2.75, 3.05) is 37.7 Å². The van der Waals surface area contributed by atoms with Crippen molar-refractivity contribution in [1.82, 2.24) is 15.5 Å². The summed E-state index contributed by atoms with van der Waals surface area (Å²) in [4.78, 5) is 7.22. The van der Waals surface area contributed by atoms with E-state index in [9.17, 15) is 8.42 Å². The summed E-state index contributed by atoms with van der Waals surface area (Å²) in [5.41, 5.74) is 0. The standard InChI is InChI=1S/C18H30N4O3S/c1-2-22-10-3-5-16(22)13-20-18(19-9-7-17-6-4-11-25-17)21-15-8-12-26(23,24)14-15/h4,6,11,15-16H,2-3,5,7-10,12-14H2,1H3,(H2,19,20,21). The van der Waals surface area contributed by atoms with Crippen LogP contribution in [0, 0.1) is 0 Å². The fourth-order valence-electron chi connectivity index (χ4n) is 3.73. The van der Waals surface area contributed by atoms with Crippen molar-refractivity contribution in [3.05, 3.63) is 24.2 Å². The van der Waals surface area contributed by atoms with Gasteiger partial charge in [0.1, 0.15) is 5.76 Å². The summed E-state index contributed by atoms with van der Waals surface area (Å²) < 4.78 is 28.8. The fraction of sp³-hybridized carbons (Fsp3) is 0.722. The van der Waals surface area contributed by atoms with E-state index in [0.717, 1.165) is 31.8 Å². The topological polar surface area (TPSA) is 86.9 Å². The van der Waals surface area contributed by atoms with Gasteiger partial charge in [-0.25, -0.2) is 8.42 Å². The van der Waals surface area contributed by atoms with Crippen molar-refractivity contribution in [1.29, 1.82) is 0 Å². The minimum atomic E-state index is -2.91. The third-order valence-corrected chi connectivity index (χ3v) is 6.95. The molecule has 0 bridgehead atoms. The number of nitrogens with one attached hydrogen (secondary N) is 2. The largest absolute Gasteiger partial charge is 0.469 e. The van der Waals surface area contributed by atoms with Gasteiger partial charge in [-0.15, -0.1) is 0 Å². The van der Waals surface area contributed by atoms with E-state index in [0.29, 0.717) is 25.0 Å². The van der Waals surface area contributed by atoms with Crippen molar-refractivity contribution in [2.45, 2.75) is 44.7 Å². The number of nitrogens with zero attached hydrogens (tertiary/aromatic N) is 2. The summed E-state index contributed by atoms with van der Waals surface area (Å²) in [5.74, 6) is 2.09. The van der Waals surface area contributed by atoms with Crippen LogP contribution >= 0.6 is 0 Å². The van der Waals surface area contributed by atoms with E-state index in [1.165, 1.54) is 12.8 Å². The highest BCUT2D eigenvalue weighted by atomic mass is 32.2. The third kappa shape index (κ3) is 5.48. The van der Waals surface area contributed by atoms with Gasteiger partial charge in [0, 0.05) is 25.0 Å². The highest BCUT2D eigenvalue weighted by Gasteiger charge is 2.29. The molecule has 26 heavy (non-hydrogen) atoms. The summed E-state index contributed by atoms with van der Waals surface area (Å²) in [6.07, 6.45) is 5.48. The van der Waals surface area contributed by atoms with Crippen molar-refractivity contribution >= 4 is 15.8 Å². The lowest BCUT2D eigenvalue weighted by Gasteiger charge is -2.22. The van der Waals surface area contributed by atoms with Crippen LogP contribution in [0.15, 0.2) is 27.8 Å². The smallest absolute Gasteiger partial charge is 0.191 e. The second kappa shape index (κ2) is 8.90. The summed E-state index contributed by atoms with van der Waals surface area (Å²) in [6, 6.07) is 4.26. The van der Waals surface area contributed by atoms with E-state index in [-0.39, 0.29) is 17.5 Å². The molecule has 2 aliphatic rings. The first-order valence-electron chi connectivity index (χ1n) is 9.57. The quantitative estimate of drug-likeness (QED) is 0.541. The Hall–Kier alpha value is -1.54. The van der Waals surface area contributed by atoms with E-state index in [4.69, 9.17) is 9.41 Å². The lowest BCUT2D eigenvalue weighted by Crippen LogP contribution is -2.45. The molecule has 0 radical (unpaired) electrons. The normalized spacial score (nSPS) is 26.3. The van der Waals surface area contributed by atoms with Crippen LogP contribution in [0.25, 0.3) is 0 Å². The molecular formula is C18H30N4O3S. The number of furan rings is 1. The molecular weight excluding hydrogens is 352 g/mol. The average molecular weight is 383 g/mol. The Bertz CT molecular complexity index is 687. The molecule has 2 aliphatic heterocycles. The zero-order chi connectivity index (χ0) is 18.4. The van der Waals surface area contributed by atoms with Gasteiger partial charge in [0.2, 0.25) is 0 Å². The van der Waals surface area contributed by atoms with E-state index >= 15 is 0 Å². The maximum Gasteiger partial charge on any atom is 0.191 e. The molecule has 0 saturated carbocycles. The highest BCUT2D eigenvalue weighted by Crippen LogP contribution is 2.17. The van der Waals surface area contributed by atoms with Gasteiger partial charge in [-0.05, 0) is 44.5 Å². The number of aliphatic imine (C=N–C) groups is 1. The molecule has 0 spiro atoms. The van der Waals surface area contributed by atoms with Gasteiger partial charge in [0.15, 0.2) is 15.8 Å².